The maximum absolute atomic E-state index is 12.4. The Kier molecular flexibility index (Phi) is 3.28. The summed E-state index contributed by atoms with van der Waals surface area (Å²) in [5, 5.41) is 1.43. The van der Waals surface area contributed by atoms with Crippen LogP contribution in [-0.2, 0) is 10.0 Å². The van der Waals surface area contributed by atoms with Crippen molar-refractivity contribution in [1.29, 1.82) is 0 Å². The van der Waals surface area contributed by atoms with Gasteiger partial charge in [-0.15, -0.1) is 0 Å². The van der Waals surface area contributed by atoms with E-state index in [2.05, 4.69) is 0 Å². The third-order valence-corrected chi connectivity index (χ3v) is 5.04. The monoisotopic (exact) mass is 264 g/mol. The van der Waals surface area contributed by atoms with Gasteiger partial charge in [0.15, 0.2) is 0 Å². The molecule has 0 spiro atoms. The van der Waals surface area contributed by atoms with Crippen molar-refractivity contribution >= 4 is 26.5 Å². The number of benzene rings is 2. The molecule has 0 atom stereocenters. The Labute approximate surface area is 107 Å². The molecule has 5 heteroatoms. The summed E-state index contributed by atoms with van der Waals surface area (Å²) in [5.74, 6) is 0. The molecule has 0 aliphatic heterocycles. The van der Waals surface area contributed by atoms with Gasteiger partial charge in [0.25, 0.3) is 0 Å². The minimum absolute atomic E-state index is 0.302. The van der Waals surface area contributed by atoms with Crippen LogP contribution in [0.15, 0.2) is 41.3 Å². The van der Waals surface area contributed by atoms with Crippen molar-refractivity contribution < 1.29 is 8.42 Å². The molecule has 18 heavy (non-hydrogen) atoms. The topological polar surface area (TPSA) is 63.4 Å². The molecule has 0 amide bonds. The first-order valence-corrected chi connectivity index (χ1v) is 7.16. The van der Waals surface area contributed by atoms with E-state index >= 15 is 0 Å². The van der Waals surface area contributed by atoms with Crippen LogP contribution < -0.4 is 5.73 Å². The number of nitrogen functional groups attached to an aromatic ring is 1. The molecule has 0 aromatic heterocycles. The predicted molar refractivity (Wildman–Crippen MR) is 73.9 cm³/mol. The zero-order valence-electron chi connectivity index (χ0n) is 10.4. The van der Waals surface area contributed by atoms with Gasteiger partial charge in [0.2, 0.25) is 10.0 Å². The summed E-state index contributed by atoms with van der Waals surface area (Å²) in [4.78, 5) is 0.302. The first-order chi connectivity index (χ1) is 8.48. The molecule has 0 unspecified atom stereocenters. The summed E-state index contributed by atoms with van der Waals surface area (Å²) in [6.07, 6.45) is 0. The van der Waals surface area contributed by atoms with Crippen LogP contribution in [0.25, 0.3) is 10.8 Å². The van der Waals surface area contributed by atoms with E-state index in [9.17, 15) is 8.42 Å². The number of fused-ring (bicyclic) bond motifs is 1. The fourth-order valence-corrected chi connectivity index (χ4v) is 3.25. The number of hydrogen-bond donors (Lipinski definition) is 1. The van der Waals surface area contributed by atoms with Gasteiger partial charge in [0.05, 0.1) is 4.90 Å². The molecule has 0 aliphatic carbocycles. The highest BCUT2D eigenvalue weighted by molar-refractivity contribution is 7.89. The number of anilines is 1. The van der Waals surface area contributed by atoms with Gasteiger partial charge in [0, 0.05) is 30.1 Å². The van der Waals surface area contributed by atoms with Gasteiger partial charge in [-0.1, -0.05) is 31.2 Å². The Hall–Kier alpha value is -1.59. The van der Waals surface area contributed by atoms with Crippen molar-refractivity contribution in [3.8, 4) is 0 Å². The molecule has 2 aromatic carbocycles. The quantitative estimate of drug-likeness (QED) is 0.863. The number of rotatable bonds is 3. The van der Waals surface area contributed by atoms with Crippen molar-refractivity contribution in [1.82, 2.24) is 4.31 Å². The van der Waals surface area contributed by atoms with E-state index in [-0.39, 0.29) is 0 Å². The van der Waals surface area contributed by atoms with Gasteiger partial charge in [-0.05, 0) is 12.1 Å². The summed E-state index contributed by atoms with van der Waals surface area (Å²) in [6, 6.07) is 10.5. The van der Waals surface area contributed by atoms with Crippen molar-refractivity contribution in [3.63, 3.8) is 0 Å². The van der Waals surface area contributed by atoms with Gasteiger partial charge in [0.1, 0.15) is 0 Å². The van der Waals surface area contributed by atoms with Crippen LogP contribution in [0.2, 0.25) is 0 Å². The molecule has 0 heterocycles. The van der Waals surface area contributed by atoms with Crippen molar-refractivity contribution in [2.24, 2.45) is 0 Å². The molecule has 0 fully saturated rings. The lowest BCUT2D eigenvalue weighted by Gasteiger charge is -2.16. The van der Waals surface area contributed by atoms with Crippen LogP contribution >= 0.6 is 0 Å². The van der Waals surface area contributed by atoms with E-state index in [1.165, 1.54) is 4.31 Å². The largest absolute Gasteiger partial charge is 0.398 e. The number of nitrogens with two attached hydrogens (primary N) is 1. The highest BCUT2D eigenvalue weighted by Crippen LogP contribution is 2.28. The summed E-state index contributed by atoms with van der Waals surface area (Å²) in [6.45, 7) is 2.23. The maximum atomic E-state index is 12.4. The number of sulfonamides is 1. The lowest BCUT2D eigenvalue weighted by Crippen LogP contribution is -2.26. The van der Waals surface area contributed by atoms with Gasteiger partial charge >= 0.3 is 0 Å². The average Bonchev–Trinajstić information content (AvgIpc) is 2.37. The van der Waals surface area contributed by atoms with Gasteiger partial charge in [-0.3, -0.25) is 0 Å². The Morgan fingerprint density at radius 2 is 1.72 bits per heavy atom. The zero-order valence-corrected chi connectivity index (χ0v) is 11.2. The summed E-state index contributed by atoms with van der Waals surface area (Å²) < 4.78 is 26.1. The lowest BCUT2D eigenvalue weighted by molar-refractivity contribution is 0.487. The predicted octanol–water partition coefficient (Wildman–Crippen LogP) is 2.06. The van der Waals surface area contributed by atoms with Crippen molar-refractivity contribution in [2.45, 2.75) is 11.8 Å². The molecule has 2 aromatic rings. The van der Waals surface area contributed by atoms with Gasteiger partial charge in [-0.25, -0.2) is 12.7 Å². The lowest BCUT2D eigenvalue weighted by atomic mass is 10.1. The second kappa shape index (κ2) is 4.59. The molecule has 0 bridgehead atoms. The summed E-state index contributed by atoms with van der Waals surface area (Å²) in [5.41, 5.74) is 6.46. The van der Waals surface area contributed by atoms with Crippen molar-refractivity contribution in [3.05, 3.63) is 36.4 Å². The molecule has 2 N–H and O–H groups in total. The molecule has 0 radical (unpaired) electrons. The van der Waals surface area contributed by atoms with Crippen LogP contribution in [0, 0.1) is 0 Å². The molecule has 2 rings (SSSR count). The van der Waals surface area contributed by atoms with Crippen LogP contribution in [0.1, 0.15) is 6.92 Å². The highest BCUT2D eigenvalue weighted by Gasteiger charge is 2.21. The van der Waals surface area contributed by atoms with E-state index in [0.717, 1.165) is 5.39 Å². The number of nitrogens with zero attached hydrogens (tertiary/aromatic N) is 1. The molecule has 0 saturated carbocycles. The minimum atomic E-state index is -3.45. The van der Waals surface area contributed by atoms with E-state index in [0.29, 0.717) is 22.5 Å². The second-order valence-electron chi connectivity index (χ2n) is 4.12. The zero-order chi connectivity index (χ0) is 13.3. The summed E-state index contributed by atoms with van der Waals surface area (Å²) >= 11 is 0. The third kappa shape index (κ3) is 1.95. The normalized spacial score (nSPS) is 12.2. The molecular weight excluding hydrogens is 248 g/mol. The Morgan fingerprint density at radius 1 is 1.11 bits per heavy atom. The van der Waals surface area contributed by atoms with E-state index < -0.39 is 10.0 Å². The second-order valence-corrected chi connectivity index (χ2v) is 6.13. The molecule has 0 aliphatic rings. The highest BCUT2D eigenvalue weighted by atomic mass is 32.2. The van der Waals surface area contributed by atoms with Crippen LogP contribution in [0.4, 0.5) is 5.69 Å². The Bertz CT molecular complexity index is 680. The van der Waals surface area contributed by atoms with E-state index in [4.69, 9.17) is 5.73 Å². The first kappa shape index (κ1) is 12.9. The van der Waals surface area contributed by atoms with Crippen LogP contribution in [0.5, 0.6) is 0 Å². The molecule has 0 saturated heterocycles. The standard InChI is InChI=1S/C13H16N2O2S/c1-3-15(2)18(16,17)13-9-5-6-10-11(13)7-4-8-12(10)14/h4-9H,3,14H2,1-2H3. The van der Waals surface area contributed by atoms with Gasteiger partial charge in [-0.2, -0.15) is 0 Å². The van der Waals surface area contributed by atoms with Crippen LogP contribution in [-0.4, -0.2) is 26.3 Å². The fraction of sp³-hybridized carbons (Fsp3) is 0.231. The average molecular weight is 264 g/mol. The Morgan fingerprint density at radius 3 is 2.39 bits per heavy atom. The fourth-order valence-electron chi connectivity index (χ4n) is 1.87. The van der Waals surface area contributed by atoms with E-state index in [1.54, 1.807) is 44.3 Å². The van der Waals surface area contributed by atoms with E-state index in [1.807, 2.05) is 6.07 Å². The van der Waals surface area contributed by atoms with Gasteiger partial charge < -0.3 is 5.73 Å². The maximum Gasteiger partial charge on any atom is 0.243 e. The first-order valence-electron chi connectivity index (χ1n) is 5.72. The number of hydrogen-bond acceptors (Lipinski definition) is 3. The molecule has 4 nitrogen and oxygen atoms in total. The molecule has 96 valence electrons. The van der Waals surface area contributed by atoms with Crippen molar-refractivity contribution in [2.75, 3.05) is 19.3 Å². The minimum Gasteiger partial charge on any atom is -0.398 e. The third-order valence-electron chi connectivity index (χ3n) is 3.05. The summed E-state index contributed by atoms with van der Waals surface area (Å²) in [7, 11) is -1.88. The van der Waals surface area contributed by atoms with Crippen LogP contribution in [0.3, 0.4) is 0 Å². The SMILES string of the molecule is CCN(C)S(=O)(=O)c1cccc2c(N)cccc12. The smallest absolute Gasteiger partial charge is 0.243 e. The Balaban J connectivity index is 2.77. The molecular formula is C13H16N2O2S.